The minimum absolute atomic E-state index is 0. The lowest BCUT2D eigenvalue weighted by Crippen LogP contribution is -2.30. The third kappa shape index (κ3) is 18.1. The predicted molar refractivity (Wildman–Crippen MR) is 489 cm³/mol. The third-order valence-corrected chi connectivity index (χ3v) is 24.1. The van der Waals surface area contributed by atoms with Gasteiger partial charge in [0.05, 0.1) is 61.4 Å². The Morgan fingerprint density at radius 1 is 0.405 bits per heavy atom. The molecule has 131 heavy (non-hydrogen) atoms. The number of anilines is 12. The van der Waals surface area contributed by atoms with Crippen LogP contribution in [0.15, 0.2) is 165 Å². The molecule has 16 N–H and O–H groups in total. The van der Waals surface area contributed by atoms with Crippen molar-refractivity contribution >= 4 is 138 Å². The van der Waals surface area contributed by atoms with Crippen LogP contribution in [0, 0.1) is 17.5 Å². The molecule has 0 atom stereocenters. The molecule has 6 aliphatic rings. The molecule has 37 nitrogen and oxygen atoms in total. The fourth-order valence-electron chi connectivity index (χ4n) is 15.7. The molecule has 16 aromatic rings. The second-order valence-electron chi connectivity index (χ2n) is 34.9. The van der Waals surface area contributed by atoms with Crippen molar-refractivity contribution in [3.63, 3.8) is 0 Å². The van der Waals surface area contributed by atoms with Crippen LogP contribution in [-0.2, 0) is 22.7 Å². The summed E-state index contributed by atoms with van der Waals surface area (Å²) in [5.74, 6) is 1.06. The Hall–Kier alpha value is -15.8. The first-order valence-corrected chi connectivity index (χ1v) is 42.6. The van der Waals surface area contributed by atoms with Gasteiger partial charge in [-0.05, 0) is 149 Å². The van der Waals surface area contributed by atoms with Crippen molar-refractivity contribution < 1.29 is 50.4 Å². The summed E-state index contributed by atoms with van der Waals surface area (Å²) in [7, 11) is 0. The summed E-state index contributed by atoms with van der Waals surface area (Å²) in [5.41, 5.74) is 36.6. The summed E-state index contributed by atoms with van der Waals surface area (Å²) in [5, 5.41) is 39.3. The van der Waals surface area contributed by atoms with Crippen molar-refractivity contribution in [2.24, 2.45) is 0 Å². The van der Waals surface area contributed by atoms with E-state index in [4.69, 9.17) is 41.0 Å². The standard InChI is InChI=1S/C24H24FN7O2.C23H24FN7O2.C22H22N8O2.C21H20FN7O2.CH4/c1-24(7-2-8-24)18-10-19(34-31-18)30-23(33)29-17-6-3-13(9-16(17)25)15-11-32(14-4-5-14)22-20(15)21(26)27-12-28-22;1-23(2,3)17-9-18(33-30-17)29-22(32)28-16-7-4-12(8-15(16)24)14-10-31(13-5-6-13)21-19(14)20(25)26-11-27-21;1-22(6-7-22)15-8-17(32-29-15)28-21(31)27-16-5-2-12(9-24-16)14-10-30(13-3-4-13)20-18(14)19(23)25-11-26-20;1-2-12-8-17(31-28-12)27-21(30)26-16-6-3-11(7-15(16)22)14-9-29(13-4-5-13)20-18(14)19(23)24-10-25-20;/h3,6,9-12,14H,2,4-5,7-8H2,1H3,(H2,26,27,28)(H2,29,30,33);4,7-11,13H,5-6H2,1-3H3,(H2,25,26,27)(H2,28,29,32);2,5,8-11,13H,3-4,6-7H2,1H3,(H2,23,25,26)(H2,24,27,28,31);3,6-10,13H,2,4-5H2,1H3,(H2,23,24,25)(H2,26,27,30);1H4. The van der Waals surface area contributed by atoms with Gasteiger partial charge in [0.15, 0.2) is 0 Å². The summed E-state index contributed by atoms with van der Waals surface area (Å²) in [6.45, 7) is 12.1. The molecule has 672 valence electrons. The molecular weight excluding hydrogens is 1680 g/mol. The number of halogens is 3. The molecule has 13 heterocycles. The van der Waals surface area contributed by atoms with Crippen LogP contribution in [0.2, 0.25) is 0 Å². The number of amides is 8. The van der Waals surface area contributed by atoms with Gasteiger partial charge < -0.3 is 75.2 Å². The monoisotopic (exact) mass is 1780 g/mol. The van der Waals surface area contributed by atoms with Gasteiger partial charge in [0.2, 0.25) is 23.5 Å². The van der Waals surface area contributed by atoms with Crippen molar-refractivity contribution in [3.8, 4) is 44.5 Å². The zero-order chi connectivity index (χ0) is 90.2. The highest BCUT2D eigenvalue weighted by Gasteiger charge is 2.43. The quantitative estimate of drug-likeness (QED) is 0.0358. The Labute approximate surface area is 745 Å². The summed E-state index contributed by atoms with van der Waals surface area (Å²) in [6, 6.07) is 23.4. The Kier molecular flexibility index (Phi) is 22.6. The number of nitrogens with zero attached hydrogens (tertiary/aromatic N) is 17. The van der Waals surface area contributed by atoms with E-state index in [1.165, 1.54) is 61.7 Å². The van der Waals surface area contributed by atoms with E-state index in [1.54, 1.807) is 54.7 Å². The van der Waals surface area contributed by atoms with E-state index < -0.39 is 41.6 Å². The van der Waals surface area contributed by atoms with Gasteiger partial charge >= 0.3 is 24.1 Å². The maximum absolute atomic E-state index is 15.0. The van der Waals surface area contributed by atoms with E-state index in [0.717, 1.165) is 151 Å². The van der Waals surface area contributed by atoms with Crippen molar-refractivity contribution in [1.29, 1.82) is 0 Å². The van der Waals surface area contributed by atoms with E-state index in [1.807, 2.05) is 52.4 Å². The van der Waals surface area contributed by atoms with E-state index in [0.29, 0.717) is 110 Å². The van der Waals surface area contributed by atoms with Crippen LogP contribution in [0.4, 0.5) is 102 Å². The molecule has 0 spiro atoms. The van der Waals surface area contributed by atoms with E-state index in [9.17, 15) is 32.3 Å². The van der Waals surface area contributed by atoms with Gasteiger partial charge in [0.1, 0.15) is 94.4 Å². The first kappa shape index (κ1) is 86.0. The number of hydrogen-bond donors (Lipinski definition) is 12. The summed E-state index contributed by atoms with van der Waals surface area (Å²) < 4.78 is 73.7. The molecule has 6 aliphatic carbocycles. The highest BCUT2D eigenvalue weighted by Crippen LogP contribution is 2.50. The second kappa shape index (κ2) is 34.4. The molecule has 40 heteroatoms. The molecule has 6 saturated carbocycles. The fraction of sp³-hybridized carbons (Fsp3) is 0.308. The summed E-state index contributed by atoms with van der Waals surface area (Å²) in [6.07, 6.45) is 30.2. The number of rotatable bonds is 19. The first-order valence-electron chi connectivity index (χ1n) is 42.6. The molecule has 0 radical (unpaired) electrons. The number of carbonyl (C=O) groups excluding carboxylic acids is 4. The number of hydrogen-bond acceptors (Lipinski definition) is 25. The number of aromatic nitrogens is 17. The number of benzene rings is 3. The lowest BCUT2D eigenvalue weighted by molar-refractivity contribution is 0.251. The number of fused-ring (bicyclic) bond motifs is 4. The molecule has 0 unspecified atom stereocenters. The van der Waals surface area contributed by atoms with Gasteiger partial charge in [0.25, 0.3) is 0 Å². The maximum atomic E-state index is 15.0. The molecule has 6 fully saturated rings. The van der Waals surface area contributed by atoms with Crippen LogP contribution >= 0.6 is 0 Å². The van der Waals surface area contributed by atoms with Crippen LogP contribution in [-0.4, -0.2) is 108 Å². The van der Waals surface area contributed by atoms with E-state index in [-0.39, 0.29) is 58.4 Å². The number of pyridine rings is 1. The fourth-order valence-corrected chi connectivity index (χ4v) is 15.7. The average Bonchev–Trinajstić information content (AvgIpc) is 1.60. The highest BCUT2D eigenvalue weighted by atomic mass is 19.1. The molecular formula is C91H94F3N29O8. The predicted octanol–water partition coefficient (Wildman–Crippen LogP) is 19.4. The van der Waals surface area contributed by atoms with Crippen LogP contribution in [0.3, 0.4) is 0 Å². The zero-order valence-electron chi connectivity index (χ0n) is 71.4. The first-order chi connectivity index (χ1) is 62.6. The topological polar surface area (TPSA) is 508 Å². The minimum Gasteiger partial charge on any atom is -0.383 e. The van der Waals surface area contributed by atoms with Crippen molar-refractivity contribution in [2.45, 2.75) is 179 Å². The second-order valence-corrected chi connectivity index (χ2v) is 34.9. The number of nitrogen functional groups attached to an aromatic ring is 4. The molecule has 0 aliphatic heterocycles. The molecule has 22 rings (SSSR count). The van der Waals surface area contributed by atoms with Gasteiger partial charge in [-0.2, -0.15) is 0 Å². The van der Waals surface area contributed by atoms with Gasteiger partial charge in [0, 0.05) is 123 Å². The lowest BCUT2D eigenvalue weighted by Gasteiger charge is -2.35. The van der Waals surface area contributed by atoms with Crippen molar-refractivity contribution in [3.05, 3.63) is 188 Å². The van der Waals surface area contributed by atoms with E-state index in [2.05, 4.69) is 146 Å². The number of nitrogens with two attached hydrogens (primary N) is 4. The Balaban J connectivity index is 0.000000117. The van der Waals surface area contributed by atoms with Crippen molar-refractivity contribution in [2.75, 3.05) is 65.5 Å². The van der Waals surface area contributed by atoms with Crippen LogP contribution in [0.5, 0.6) is 0 Å². The SMILES string of the molecule is C.CC(C)(C)c1cc(NC(=O)Nc2ccc(-c3cn(C4CC4)c4ncnc(N)c34)cc2F)on1.CC1(c2cc(NC(=O)Nc3ccc(-c4cn(C5CC5)c5ncnc(N)c45)cc3F)on2)CCC1.CC1(c2cc(NC(=O)Nc3ccc(-c4cn(C5CC5)c5ncnc(N)c45)cn3)on2)CC1.CCc1cc(NC(=O)Nc2ccc(-c3cn(C4CC4)c4ncnc(N)c34)cc2F)on1. The van der Waals surface area contributed by atoms with Crippen LogP contribution in [0.25, 0.3) is 88.6 Å². The molecule has 13 aromatic heterocycles. The third-order valence-electron chi connectivity index (χ3n) is 24.1. The number of nitrogens with one attached hydrogen (secondary N) is 8. The molecule has 0 bridgehead atoms. The van der Waals surface area contributed by atoms with Gasteiger partial charge in [-0.25, -0.2) is 77.2 Å². The zero-order valence-corrected chi connectivity index (χ0v) is 71.4. The Bertz CT molecular complexity index is 7080. The Morgan fingerprint density at radius 2 is 0.733 bits per heavy atom. The Morgan fingerprint density at radius 3 is 1.04 bits per heavy atom. The largest absolute Gasteiger partial charge is 0.383 e. The van der Waals surface area contributed by atoms with Crippen LogP contribution < -0.4 is 65.5 Å². The van der Waals surface area contributed by atoms with E-state index >= 15 is 0 Å². The molecule has 8 amide bonds. The minimum atomic E-state index is -0.638. The average molecular weight is 1780 g/mol. The molecule has 3 aromatic carbocycles. The highest BCUT2D eigenvalue weighted by molar-refractivity contribution is 6.07. The summed E-state index contributed by atoms with van der Waals surface area (Å²) in [4.78, 5) is 87.7. The number of urea groups is 4. The normalized spacial score (nSPS) is 15.2. The van der Waals surface area contributed by atoms with Gasteiger partial charge in [-0.15, -0.1) is 0 Å². The van der Waals surface area contributed by atoms with Gasteiger partial charge in [-0.1, -0.05) is 94.2 Å². The smallest absolute Gasteiger partial charge is 0.327 e. The van der Waals surface area contributed by atoms with Crippen molar-refractivity contribution in [1.82, 2.24) is 83.8 Å². The lowest BCUT2D eigenvalue weighted by atomic mass is 9.68. The summed E-state index contributed by atoms with van der Waals surface area (Å²) >= 11 is 0. The maximum Gasteiger partial charge on any atom is 0.327 e. The number of carbonyl (C=O) groups is 4. The molecule has 0 saturated heterocycles. The number of aryl methyl sites for hydroxylation is 1. The van der Waals surface area contributed by atoms with Crippen LogP contribution in [0.1, 0.15) is 179 Å². The van der Waals surface area contributed by atoms with Gasteiger partial charge in [-0.3, -0.25) is 26.6 Å².